The number of nitriles is 1. The predicted octanol–water partition coefficient (Wildman–Crippen LogP) is 4.45. The lowest BCUT2D eigenvalue weighted by Crippen LogP contribution is -1.99. The van der Waals surface area contributed by atoms with E-state index in [1.54, 1.807) is 17.6 Å². The fraction of sp³-hybridized carbons (Fsp3) is 0.286. The second-order valence-electron chi connectivity index (χ2n) is 4.40. The molecule has 3 nitrogen and oxygen atoms in total. The second-order valence-corrected chi connectivity index (χ2v) is 6.55. The van der Waals surface area contributed by atoms with Gasteiger partial charge in [-0.25, -0.2) is 4.99 Å². The van der Waals surface area contributed by atoms with E-state index < -0.39 is 0 Å². The van der Waals surface area contributed by atoms with Crippen LogP contribution in [0.4, 0.5) is 5.00 Å². The first-order valence-corrected chi connectivity index (χ1v) is 8.01. The Morgan fingerprint density at radius 3 is 2.95 bits per heavy atom. The van der Waals surface area contributed by atoms with E-state index in [-0.39, 0.29) is 0 Å². The first kappa shape index (κ1) is 12.9. The molecular formula is C14H11IN2OS. The summed E-state index contributed by atoms with van der Waals surface area (Å²) in [7, 11) is 0. The lowest BCUT2D eigenvalue weighted by Gasteiger charge is -2.09. The minimum atomic E-state index is 0.722. The Labute approximate surface area is 129 Å². The molecule has 0 saturated heterocycles. The molecule has 0 aromatic carbocycles. The summed E-state index contributed by atoms with van der Waals surface area (Å²) in [5.74, 6) is 0.722. The third-order valence-electron chi connectivity index (χ3n) is 3.17. The molecule has 19 heavy (non-hydrogen) atoms. The van der Waals surface area contributed by atoms with Gasteiger partial charge in [0.15, 0.2) is 3.77 Å². The van der Waals surface area contributed by atoms with Crippen LogP contribution in [0.3, 0.4) is 0 Å². The van der Waals surface area contributed by atoms with Gasteiger partial charge in [0.05, 0.1) is 11.8 Å². The Kier molecular flexibility index (Phi) is 3.71. The van der Waals surface area contributed by atoms with Crippen LogP contribution in [0.15, 0.2) is 21.5 Å². The van der Waals surface area contributed by atoms with E-state index in [1.165, 1.54) is 23.3 Å². The van der Waals surface area contributed by atoms with Crippen molar-refractivity contribution >= 4 is 45.1 Å². The standard InChI is InChI=1S/C14H11IN2OS/c15-13-6-5-9(18-13)8-17-14-11(7-16)10-3-1-2-4-12(10)19-14/h5-6,8H,1-4H2. The summed E-state index contributed by atoms with van der Waals surface area (Å²) in [6, 6.07) is 6.08. The lowest BCUT2D eigenvalue weighted by molar-refractivity contribution is 0.531. The number of fused-ring (bicyclic) bond motifs is 1. The molecule has 3 rings (SSSR count). The molecule has 96 valence electrons. The van der Waals surface area contributed by atoms with Gasteiger partial charge < -0.3 is 4.42 Å². The van der Waals surface area contributed by atoms with Crippen LogP contribution in [0.5, 0.6) is 0 Å². The number of rotatable bonds is 2. The Morgan fingerprint density at radius 2 is 2.21 bits per heavy atom. The van der Waals surface area contributed by atoms with Gasteiger partial charge in [0.1, 0.15) is 16.8 Å². The topological polar surface area (TPSA) is 49.3 Å². The molecule has 0 spiro atoms. The third kappa shape index (κ3) is 2.60. The molecular weight excluding hydrogens is 371 g/mol. The first-order chi connectivity index (χ1) is 9.28. The zero-order chi connectivity index (χ0) is 13.2. The molecule has 2 aromatic heterocycles. The SMILES string of the molecule is N#Cc1c(N=Cc2ccc(I)o2)sc2c1CCCC2. The molecule has 0 radical (unpaired) electrons. The van der Waals surface area contributed by atoms with Gasteiger partial charge in [-0.2, -0.15) is 5.26 Å². The zero-order valence-electron chi connectivity index (χ0n) is 10.1. The molecule has 0 saturated carbocycles. The number of furan rings is 1. The quantitative estimate of drug-likeness (QED) is 0.569. The van der Waals surface area contributed by atoms with Crippen molar-refractivity contribution in [1.82, 2.24) is 0 Å². The van der Waals surface area contributed by atoms with Gasteiger partial charge in [-0.1, -0.05) is 0 Å². The van der Waals surface area contributed by atoms with Gasteiger partial charge in [0.25, 0.3) is 0 Å². The number of halogens is 1. The highest BCUT2D eigenvalue weighted by molar-refractivity contribution is 14.1. The summed E-state index contributed by atoms with van der Waals surface area (Å²) in [5, 5.41) is 10.1. The molecule has 1 aliphatic carbocycles. The van der Waals surface area contributed by atoms with E-state index in [1.807, 2.05) is 12.1 Å². The number of aliphatic imine (C=N–C) groups is 1. The maximum absolute atomic E-state index is 9.32. The Balaban J connectivity index is 1.95. The molecule has 0 N–H and O–H groups in total. The molecule has 0 bridgehead atoms. The predicted molar refractivity (Wildman–Crippen MR) is 84.4 cm³/mol. The van der Waals surface area contributed by atoms with Crippen LogP contribution in [0.2, 0.25) is 0 Å². The Bertz CT molecular complexity index is 678. The second kappa shape index (κ2) is 5.47. The van der Waals surface area contributed by atoms with Crippen LogP contribution >= 0.6 is 33.9 Å². The number of nitrogens with zero attached hydrogens (tertiary/aromatic N) is 2. The number of aryl methyl sites for hydroxylation is 1. The molecule has 0 atom stereocenters. The molecule has 2 aromatic rings. The van der Waals surface area contributed by atoms with E-state index in [4.69, 9.17) is 4.42 Å². The smallest absolute Gasteiger partial charge is 0.164 e. The van der Waals surface area contributed by atoms with Gasteiger partial charge in [0, 0.05) is 4.88 Å². The number of hydrogen-bond acceptors (Lipinski definition) is 4. The van der Waals surface area contributed by atoms with Gasteiger partial charge in [0.2, 0.25) is 0 Å². The summed E-state index contributed by atoms with van der Waals surface area (Å²) < 4.78 is 6.28. The Hall–Kier alpha value is -1.13. The summed E-state index contributed by atoms with van der Waals surface area (Å²) in [4.78, 5) is 5.78. The van der Waals surface area contributed by atoms with Crippen LogP contribution in [0.1, 0.15) is 34.6 Å². The van der Waals surface area contributed by atoms with Crippen LogP contribution in [-0.4, -0.2) is 6.21 Å². The van der Waals surface area contributed by atoms with E-state index in [0.717, 1.165) is 32.9 Å². The minimum absolute atomic E-state index is 0.722. The number of hydrogen-bond donors (Lipinski definition) is 0. The highest BCUT2D eigenvalue weighted by Crippen LogP contribution is 2.39. The van der Waals surface area contributed by atoms with E-state index >= 15 is 0 Å². The zero-order valence-corrected chi connectivity index (χ0v) is 13.1. The van der Waals surface area contributed by atoms with Gasteiger partial charge in [-0.3, -0.25) is 0 Å². The fourth-order valence-corrected chi connectivity index (χ4v) is 3.90. The van der Waals surface area contributed by atoms with E-state index in [9.17, 15) is 5.26 Å². The molecule has 2 heterocycles. The molecule has 5 heteroatoms. The largest absolute Gasteiger partial charge is 0.449 e. The highest BCUT2D eigenvalue weighted by atomic mass is 127. The maximum Gasteiger partial charge on any atom is 0.164 e. The summed E-state index contributed by atoms with van der Waals surface area (Å²) in [6.07, 6.45) is 6.20. The third-order valence-corrected chi connectivity index (χ3v) is 4.95. The van der Waals surface area contributed by atoms with E-state index in [2.05, 4.69) is 33.7 Å². The molecule has 0 amide bonds. The van der Waals surface area contributed by atoms with Crippen molar-refractivity contribution in [3.8, 4) is 6.07 Å². The lowest BCUT2D eigenvalue weighted by atomic mass is 9.96. The summed E-state index contributed by atoms with van der Waals surface area (Å²) >= 11 is 3.77. The molecule has 0 fully saturated rings. The van der Waals surface area contributed by atoms with E-state index in [0.29, 0.717) is 0 Å². The van der Waals surface area contributed by atoms with Crippen LogP contribution in [0, 0.1) is 15.1 Å². The normalized spacial score (nSPS) is 14.5. The summed E-state index contributed by atoms with van der Waals surface area (Å²) in [6.45, 7) is 0. The van der Waals surface area contributed by atoms with Crippen LogP contribution in [-0.2, 0) is 12.8 Å². The monoisotopic (exact) mass is 382 g/mol. The average molecular weight is 382 g/mol. The van der Waals surface area contributed by atoms with Crippen LogP contribution < -0.4 is 0 Å². The number of thiophene rings is 1. The highest BCUT2D eigenvalue weighted by Gasteiger charge is 2.20. The van der Waals surface area contributed by atoms with Crippen molar-refractivity contribution in [3.63, 3.8) is 0 Å². The maximum atomic E-state index is 9.32. The fourth-order valence-electron chi connectivity index (χ4n) is 2.28. The minimum Gasteiger partial charge on any atom is -0.449 e. The van der Waals surface area contributed by atoms with Crippen molar-refractivity contribution in [1.29, 1.82) is 5.26 Å². The van der Waals surface area contributed by atoms with Crippen molar-refractivity contribution in [2.45, 2.75) is 25.7 Å². The van der Waals surface area contributed by atoms with Crippen molar-refractivity contribution in [2.75, 3.05) is 0 Å². The molecule has 0 aliphatic heterocycles. The average Bonchev–Trinajstić information content (AvgIpc) is 2.99. The van der Waals surface area contributed by atoms with Crippen LogP contribution in [0.25, 0.3) is 0 Å². The molecule has 1 aliphatic rings. The Morgan fingerprint density at radius 1 is 1.37 bits per heavy atom. The van der Waals surface area contributed by atoms with Gasteiger partial charge in [-0.15, -0.1) is 11.3 Å². The summed E-state index contributed by atoms with van der Waals surface area (Å²) in [5.41, 5.74) is 1.98. The van der Waals surface area contributed by atoms with Gasteiger partial charge >= 0.3 is 0 Å². The first-order valence-electron chi connectivity index (χ1n) is 6.12. The molecule has 0 unspecified atom stereocenters. The van der Waals surface area contributed by atoms with Crippen molar-refractivity contribution in [3.05, 3.63) is 37.7 Å². The van der Waals surface area contributed by atoms with Crippen molar-refractivity contribution in [2.24, 2.45) is 4.99 Å². The van der Waals surface area contributed by atoms with Crippen molar-refractivity contribution < 1.29 is 4.42 Å². The van der Waals surface area contributed by atoms with Gasteiger partial charge in [-0.05, 0) is 66.0 Å².